The molecule has 0 amide bonds. The number of nitrogens with one attached hydrogen (secondary N) is 1. The number of amidine groups is 1. The van der Waals surface area contributed by atoms with E-state index in [0.717, 1.165) is 26.3 Å². The van der Waals surface area contributed by atoms with E-state index in [1.165, 1.54) is 0 Å². The van der Waals surface area contributed by atoms with E-state index >= 15 is 0 Å². The van der Waals surface area contributed by atoms with E-state index in [-0.39, 0.29) is 6.10 Å². The summed E-state index contributed by atoms with van der Waals surface area (Å²) < 4.78 is 10.3. The first-order valence-corrected chi connectivity index (χ1v) is 4.67. The van der Waals surface area contributed by atoms with E-state index in [1.54, 1.807) is 7.11 Å². The van der Waals surface area contributed by atoms with Gasteiger partial charge in [0.2, 0.25) is 0 Å². The maximum Gasteiger partial charge on any atom is 0.0985 e. The average molecular weight is 186 g/mol. The van der Waals surface area contributed by atoms with E-state index in [9.17, 15) is 0 Å². The Kier molecular flexibility index (Phi) is 4.18. The summed E-state index contributed by atoms with van der Waals surface area (Å²) in [5, 5.41) is 7.81. The molecule has 1 N–H and O–H groups in total. The Labute approximate surface area is 79.3 Å². The van der Waals surface area contributed by atoms with Crippen LogP contribution in [0.1, 0.15) is 13.3 Å². The third-order valence-electron chi connectivity index (χ3n) is 2.28. The molecule has 4 heteroatoms. The summed E-state index contributed by atoms with van der Waals surface area (Å²) in [4.78, 5) is 2.05. The molecule has 0 aromatic rings. The van der Waals surface area contributed by atoms with Gasteiger partial charge in [-0.3, -0.25) is 5.41 Å². The molecular weight excluding hydrogens is 168 g/mol. The zero-order valence-electron chi connectivity index (χ0n) is 8.38. The average Bonchev–Trinajstić information content (AvgIpc) is 2.19. The molecule has 0 radical (unpaired) electrons. The van der Waals surface area contributed by atoms with Crippen LogP contribution in [0.3, 0.4) is 0 Å². The quantitative estimate of drug-likeness (QED) is 0.522. The minimum absolute atomic E-state index is 0.135. The second-order valence-corrected chi connectivity index (χ2v) is 3.30. The largest absolute Gasteiger partial charge is 0.381 e. The zero-order chi connectivity index (χ0) is 9.68. The van der Waals surface area contributed by atoms with Gasteiger partial charge in [-0.1, -0.05) is 0 Å². The van der Waals surface area contributed by atoms with Gasteiger partial charge in [-0.05, 0) is 6.92 Å². The summed E-state index contributed by atoms with van der Waals surface area (Å²) in [6, 6.07) is 0. The second-order valence-electron chi connectivity index (χ2n) is 3.30. The fourth-order valence-corrected chi connectivity index (χ4v) is 1.32. The van der Waals surface area contributed by atoms with Crippen LogP contribution in [0.2, 0.25) is 0 Å². The summed E-state index contributed by atoms with van der Waals surface area (Å²) in [5.74, 6) is 0.664. The highest BCUT2D eigenvalue weighted by Crippen LogP contribution is 2.04. The monoisotopic (exact) mass is 186 g/mol. The highest BCUT2D eigenvalue weighted by Gasteiger charge is 2.15. The lowest BCUT2D eigenvalue weighted by molar-refractivity contribution is 0.0635. The van der Waals surface area contributed by atoms with Crippen molar-refractivity contribution in [3.05, 3.63) is 0 Å². The fraction of sp³-hybridized carbons (Fsp3) is 0.889. The molecule has 0 aliphatic carbocycles. The Morgan fingerprint density at radius 2 is 2.15 bits per heavy atom. The first-order valence-electron chi connectivity index (χ1n) is 4.67. The van der Waals surface area contributed by atoms with Gasteiger partial charge in [-0.15, -0.1) is 0 Å². The molecule has 1 aliphatic rings. The van der Waals surface area contributed by atoms with Crippen molar-refractivity contribution in [3.63, 3.8) is 0 Å². The van der Waals surface area contributed by atoms with Crippen LogP contribution in [-0.4, -0.2) is 50.3 Å². The lowest BCUT2D eigenvalue weighted by atomic mass is 10.2. The van der Waals surface area contributed by atoms with Gasteiger partial charge in [0.15, 0.2) is 0 Å². The van der Waals surface area contributed by atoms with Gasteiger partial charge in [-0.25, -0.2) is 0 Å². The Bertz CT molecular complexity index is 167. The predicted molar refractivity (Wildman–Crippen MR) is 51.2 cm³/mol. The van der Waals surface area contributed by atoms with Crippen LogP contribution in [0, 0.1) is 5.41 Å². The van der Waals surface area contributed by atoms with Crippen molar-refractivity contribution < 1.29 is 9.47 Å². The Morgan fingerprint density at radius 1 is 1.54 bits per heavy atom. The van der Waals surface area contributed by atoms with Crippen LogP contribution in [-0.2, 0) is 9.47 Å². The molecule has 76 valence electrons. The van der Waals surface area contributed by atoms with Crippen molar-refractivity contribution >= 4 is 5.84 Å². The van der Waals surface area contributed by atoms with Gasteiger partial charge >= 0.3 is 0 Å². The van der Waals surface area contributed by atoms with E-state index < -0.39 is 0 Å². The molecule has 4 nitrogen and oxygen atoms in total. The maximum absolute atomic E-state index is 7.81. The van der Waals surface area contributed by atoms with E-state index in [1.807, 2.05) is 6.92 Å². The standard InChI is InChI=1S/C9H18N2O2/c1-8(12-2)7-9(10)11-3-5-13-6-4-11/h8,10H,3-7H2,1-2H3. The third-order valence-corrected chi connectivity index (χ3v) is 2.28. The van der Waals surface area contributed by atoms with Gasteiger partial charge in [0.05, 0.1) is 25.2 Å². The zero-order valence-corrected chi connectivity index (χ0v) is 8.38. The molecule has 0 spiro atoms. The molecule has 1 heterocycles. The van der Waals surface area contributed by atoms with Gasteiger partial charge in [0.25, 0.3) is 0 Å². The topological polar surface area (TPSA) is 45.5 Å². The second kappa shape index (κ2) is 5.19. The first-order chi connectivity index (χ1) is 6.24. The van der Waals surface area contributed by atoms with Crippen molar-refractivity contribution in [1.82, 2.24) is 4.90 Å². The molecule has 0 saturated carbocycles. The van der Waals surface area contributed by atoms with Crippen LogP contribution in [0.15, 0.2) is 0 Å². The van der Waals surface area contributed by atoms with Crippen molar-refractivity contribution in [1.29, 1.82) is 5.41 Å². The van der Waals surface area contributed by atoms with Crippen LogP contribution in [0.4, 0.5) is 0 Å². The van der Waals surface area contributed by atoms with Crippen molar-refractivity contribution in [2.45, 2.75) is 19.4 Å². The normalized spacial score (nSPS) is 20.0. The maximum atomic E-state index is 7.81. The number of rotatable bonds is 3. The summed E-state index contributed by atoms with van der Waals surface area (Å²) in [5.41, 5.74) is 0. The molecule has 1 rings (SSSR count). The number of methoxy groups -OCH3 is 1. The molecule has 1 atom stereocenters. The van der Waals surface area contributed by atoms with E-state index in [0.29, 0.717) is 12.3 Å². The fourth-order valence-electron chi connectivity index (χ4n) is 1.32. The summed E-state index contributed by atoms with van der Waals surface area (Å²) in [6.45, 7) is 5.15. The van der Waals surface area contributed by atoms with Crippen molar-refractivity contribution in [2.24, 2.45) is 0 Å². The minimum Gasteiger partial charge on any atom is -0.381 e. The summed E-state index contributed by atoms with van der Waals surface area (Å²) in [6.07, 6.45) is 0.826. The summed E-state index contributed by atoms with van der Waals surface area (Å²) in [7, 11) is 1.68. The minimum atomic E-state index is 0.135. The molecule has 0 aromatic carbocycles. The number of nitrogens with zero attached hydrogens (tertiary/aromatic N) is 1. The van der Waals surface area contributed by atoms with Gasteiger partial charge in [0.1, 0.15) is 0 Å². The Balaban J connectivity index is 2.29. The van der Waals surface area contributed by atoms with Crippen LogP contribution in [0.25, 0.3) is 0 Å². The van der Waals surface area contributed by atoms with E-state index in [2.05, 4.69) is 4.90 Å². The lowest BCUT2D eigenvalue weighted by Crippen LogP contribution is -2.41. The smallest absolute Gasteiger partial charge is 0.0985 e. The van der Waals surface area contributed by atoms with Crippen molar-refractivity contribution in [3.8, 4) is 0 Å². The SMILES string of the molecule is COC(C)CC(=N)N1CCOCC1. The Morgan fingerprint density at radius 3 is 2.69 bits per heavy atom. The number of morpholine rings is 1. The Hall–Kier alpha value is -0.610. The lowest BCUT2D eigenvalue weighted by Gasteiger charge is -2.29. The molecule has 1 saturated heterocycles. The highest BCUT2D eigenvalue weighted by molar-refractivity contribution is 5.79. The molecule has 0 bridgehead atoms. The number of ether oxygens (including phenoxy) is 2. The number of hydrogen-bond acceptors (Lipinski definition) is 3. The predicted octanol–water partition coefficient (Wildman–Crippen LogP) is 0.721. The van der Waals surface area contributed by atoms with Crippen LogP contribution in [0.5, 0.6) is 0 Å². The molecule has 1 fully saturated rings. The third kappa shape index (κ3) is 3.32. The van der Waals surface area contributed by atoms with Gasteiger partial charge < -0.3 is 14.4 Å². The van der Waals surface area contributed by atoms with Crippen LogP contribution >= 0.6 is 0 Å². The van der Waals surface area contributed by atoms with Gasteiger partial charge in [0, 0.05) is 26.6 Å². The van der Waals surface area contributed by atoms with E-state index in [4.69, 9.17) is 14.9 Å². The molecule has 13 heavy (non-hydrogen) atoms. The summed E-state index contributed by atoms with van der Waals surface area (Å²) >= 11 is 0. The number of hydrogen-bond donors (Lipinski definition) is 1. The molecule has 0 aromatic heterocycles. The van der Waals surface area contributed by atoms with Crippen LogP contribution < -0.4 is 0 Å². The van der Waals surface area contributed by atoms with Crippen molar-refractivity contribution in [2.75, 3.05) is 33.4 Å². The first kappa shape index (κ1) is 10.5. The highest BCUT2D eigenvalue weighted by atomic mass is 16.5. The molecule has 1 unspecified atom stereocenters. The van der Waals surface area contributed by atoms with Gasteiger partial charge in [-0.2, -0.15) is 0 Å². The molecule has 1 aliphatic heterocycles. The molecular formula is C9H18N2O2.